The fourth-order valence-corrected chi connectivity index (χ4v) is 1.34. The van der Waals surface area contributed by atoms with Crippen molar-refractivity contribution in [3.05, 3.63) is 60.2 Å². The Hall–Kier alpha value is -1.64. The summed E-state index contributed by atoms with van der Waals surface area (Å²) in [5.41, 5.74) is 0.982. The zero-order chi connectivity index (χ0) is 9.97. The highest BCUT2D eigenvalue weighted by Gasteiger charge is 2.08. The van der Waals surface area contributed by atoms with Gasteiger partial charge in [-0.1, -0.05) is 42.5 Å². The van der Waals surface area contributed by atoms with Gasteiger partial charge in [-0.3, -0.25) is 0 Å². The molecule has 3 radical (unpaired) electrons. The lowest BCUT2D eigenvalue weighted by atomic mass is 10.1. The van der Waals surface area contributed by atoms with Gasteiger partial charge in [-0.2, -0.15) is 0 Å². The van der Waals surface area contributed by atoms with Crippen LogP contribution < -0.4 is 0 Å². The summed E-state index contributed by atoms with van der Waals surface area (Å²) < 4.78 is 26.2. The van der Waals surface area contributed by atoms with Crippen LogP contribution in [-0.4, -0.2) is 8.41 Å². The van der Waals surface area contributed by atoms with Crippen molar-refractivity contribution >= 4 is 8.41 Å². The molecule has 0 aliphatic heterocycles. The number of rotatable bonds is 1. The minimum absolute atomic E-state index is 0. The summed E-state index contributed by atoms with van der Waals surface area (Å²) in [6.07, 6.45) is 0. The van der Waals surface area contributed by atoms with Crippen molar-refractivity contribution in [2.24, 2.45) is 0 Å². The molecule has 0 amide bonds. The highest BCUT2D eigenvalue weighted by atomic mass is 19.2. The van der Waals surface area contributed by atoms with E-state index >= 15 is 0 Å². The maximum atomic E-state index is 13.3. The molecule has 0 fully saturated rings. The molecule has 0 heterocycles. The first-order valence-corrected chi connectivity index (χ1v) is 4.28. The zero-order valence-corrected chi connectivity index (χ0v) is 7.95. The summed E-state index contributed by atoms with van der Waals surface area (Å²) in [6.45, 7) is 0. The molecule has 0 aliphatic rings. The first kappa shape index (κ1) is 11.4. The molecule has 0 saturated carbocycles. The standard InChI is InChI=1S/C12H8F2.B/c13-11-8-4-7-10(12(11)14)9-5-2-1-3-6-9;/h1-8H;. The quantitative estimate of drug-likeness (QED) is 0.621. The molecule has 0 nitrogen and oxygen atoms in total. The second-order valence-electron chi connectivity index (χ2n) is 2.97. The zero-order valence-electron chi connectivity index (χ0n) is 7.95. The number of hydrogen-bond donors (Lipinski definition) is 0. The predicted octanol–water partition coefficient (Wildman–Crippen LogP) is 3.25. The number of benzene rings is 2. The third-order valence-corrected chi connectivity index (χ3v) is 2.04. The van der Waals surface area contributed by atoms with Gasteiger partial charge in [0.25, 0.3) is 0 Å². The molecule has 15 heavy (non-hydrogen) atoms. The SMILES string of the molecule is Fc1cccc(-c2ccccc2)c1F.[B]. The van der Waals surface area contributed by atoms with Crippen LogP contribution in [0, 0.1) is 11.6 Å². The van der Waals surface area contributed by atoms with Crippen LogP contribution in [0.25, 0.3) is 11.1 Å². The van der Waals surface area contributed by atoms with Crippen LogP contribution in [0.1, 0.15) is 0 Å². The Labute approximate surface area is 89.1 Å². The van der Waals surface area contributed by atoms with Gasteiger partial charge in [0.05, 0.1) is 0 Å². The lowest BCUT2D eigenvalue weighted by molar-refractivity contribution is 0.511. The number of halogens is 2. The Morgan fingerprint density at radius 2 is 1.40 bits per heavy atom. The van der Waals surface area contributed by atoms with Crippen molar-refractivity contribution in [2.75, 3.05) is 0 Å². The topological polar surface area (TPSA) is 0 Å². The van der Waals surface area contributed by atoms with Crippen molar-refractivity contribution in [1.82, 2.24) is 0 Å². The first-order chi connectivity index (χ1) is 6.79. The van der Waals surface area contributed by atoms with E-state index in [2.05, 4.69) is 0 Å². The molecule has 0 atom stereocenters. The van der Waals surface area contributed by atoms with Crippen molar-refractivity contribution in [1.29, 1.82) is 0 Å². The van der Waals surface area contributed by atoms with Gasteiger partial charge in [0.15, 0.2) is 11.6 Å². The predicted molar refractivity (Wildman–Crippen MR) is 57.5 cm³/mol. The summed E-state index contributed by atoms with van der Waals surface area (Å²) in [5, 5.41) is 0. The summed E-state index contributed by atoms with van der Waals surface area (Å²) >= 11 is 0. The minimum atomic E-state index is -0.814. The van der Waals surface area contributed by atoms with Crippen molar-refractivity contribution in [3.63, 3.8) is 0 Å². The monoisotopic (exact) mass is 201 g/mol. The minimum Gasteiger partial charge on any atom is -0.204 e. The molecule has 0 spiro atoms. The van der Waals surface area contributed by atoms with Gasteiger partial charge in [-0.15, -0.1) is 0 Å². The van der Waals surface area contributed by atoms with Gasteiger partial charge < -0.3 is 0 Å². The van der Waals surface area contributed by atoms with E-state index in [9.17, 15) is 8.78 Å². The summed E-state index contributed by atoms with van der Waals surface area (Å²) in [6, 6.07) is 13.1. The number of hydrogen-bond acceptors (Lipinski definition) is 0. The summed E-state index contributed by atoms with van der Waals surface area (Å²) in [7, 11) is 0. The summed E-state index contributed by atoms with van der Waals surface area (Å²) in [5.74, 6) is -1.61. The van der Waals surface area contributed by atoms with E-state index in [1.165, 1.54) is 6.07 Å². The first-order valence-electron chi connectivity index (χ1n) is 4.28. The molecule has 0 bridgehead atoms. The van der Waals surface area contributed by atoms with Crippen LogP contribution in [0.4, 0.5) is 8.78 Å². The van der Waals surface area contributed by atoms with Crippen LogP contribution >= 0.6 is 0 Å². The Bertz CT molecular complexity index is 441. The Balaban J connectivity index is 0.00000112. The van der Waals surface area contributed by atoms with Crippen LogP contribution in [0.2, 0.25) is 0 Å². The molecule has 0 unspecified atom stereocenters. The molecular formula is C12H8BF2. The van der Waals surface area contributed by atoms with Gasteiger partial charge in [-0.25, -0.2) is 8.78 Å². The Kier molecular flexibility index (Phi) is 3.61. The van der Waals surface area contributed by atoms with E-state index in [4.69, 9.17) is 0 Å². The molecule has 3 heteroatoms. The highest BCUT2D eigenvalue weighted by Crippen LogP contribution is 2.23. The van der Waals surface area contributed by atoms with E-state index in [1.807, 2.05) is 6.07 Å². The fraction of sp³-hybridized carbons (Fsp3) is 0. The lowest BCUT2D eigenvalue weighted by Gasteiger charge is -2.02. The van der Waals surface area contributed by atoms with Crippen molar-refractivity contribution in [2.45, 2.75) is 0 Å². The maximum absolute atomic E-state index is 13.3. The van der Waals surface area contributed by atoms with Gasteiger partial charge >= 0.3 is 0 Å². The van der Waals surface area contributed by atoms with Crippen molar-refractivity contribution < 1.29 is 8.78 Å². The van der Waals surface area contributed by atoms with Crippen LogP contribution in [0.15, 0.2) is 48.5 Å². The van der Waals surface area contributed by atoms with Gasteiger partial charge in [0.2, 0.25) is 0 Å². The molecule has 2 aromatic rings. The van der Waals surface area contributed by atoms with E-state index in [0.29, 0.717) is 11.1 Å². The molecule has 0 saturated heterocycles. The third kappa shape index (κ3) is 2.24. The van der Waals surface area contributed by atoms with E-state index in [-0.39, 0.29) is 8.41 Å². The fourth-order valence-electron chi connectivity index (χ4n) is 1.34. The van der Waals surface area contributed by atoms with E-state index in [1.54, 1.807) is 30.3 Å². The second-order valence-corrected chi connectivity index (χ2v) is 2.97. The molecule has 2 aromatic carbocycles. The molecule has 0 N–H and O–H groups in total. The average Bonchev–Trinajstić information content (AvgIpc) is 2.23. The summed E-state index contributed by atoms with van der Waals surface area (Å²) in [4.78, 5) is 0. The lowest BCUT2D eigenvalue weighted by Crippen LogP contribution is -1.88. The molecular weight excluding hydrogens is 193 g/mol. The van der Waals surface area contributed by atoms with Gasteiger partial charge in [0, 0.05) is 14.0 Å². The Morgan fingerprint density at radius 1 is 0.733 bits per heavy atom. The van der Waals surface area contributed by atoms with E-state index < -0.39 is 11.6 Å². The van der Waals surface area contributed by atoms with Crippen molar-refractivity contribution in [3.8, 4) is 11.1 Å². The molecule has 0 aliphatic carbocycles. The normalized spacial score (nSPS) is 9.47. The third-order valence-electron chi connectivity index (χ3n) is 2.04. The van der Waals surface area contributed by atoms with Crippen LogP contribution in [-0.2, 0) is 0 Å². The molecule has 2 rings (SSSR count). The smallest absolute Gasteiger partial charge is 0.166 e. The van der Waals surface area contributed by atoms with Crippen LogP contribution in [0.3, 0.4) is 0 Å². The Morgan fingerprint density at radius 3 is 2.07 bits per heavy atom. The second kappa shape index (κ2) is 4.74. The maximum Gasteiger partial charge on any atom is 0.166 e. The highest BCUT2D eigenvalue weighted by molar-refractivity contribution is 5.75. The van der Waals surface area contributed by atoms with Gasteiger partial charge in [0.1, 0.15) is 0 Å². The average molecular weight is 201 g/mol. The molecule has 73 valence electrons. The molecule has 0 aromatic heterocycles. The van der Waals surface area contributed by atoms with Gasteiger partial charge in [-0.05, 0) is 11.6 Å². The largest absolute Gasteiger partial charge is 0.204 e. The van der Waals surface area contributed by atoms with E-state index in [0.717, 1.165) is 6.07 Å². The van der Waals surface area contributed by atoms with Crippen LogP contribution in [0.5, 0.6) is 0 Å².